The zero-order chi connectivity index (χ0) is 26.1. The van der Waals surface area contributed by atoms with Crippen molar-refractivity contribution in [2.24, 2.45) is 22.7 Å². The Morgan fingerprint density at radius 3 is 2.44 bits per heavy atom. The maximum atomic E-state index is 13.0. The number of carbonyl (C=O) groups excluding carboxylic acids is 2. The van der Waals surface area contributed by atoms with Crippen LogP contribution in [0.2, 0.25) is 0 Å². The van der Waals surface area contributed by atoms with Gasteiger partial charge in [0, 0.05) is 30.6 Å². The Bertz CT molecular complexity index is 941. The van der Waals surface area contributed by atoms with E-state index >= 15 is 0 Å². The second kappa shape index (κ2) is 10.6. The van der Waals surface area contributed by atoms with Gasteiger partial charge in [0.2, 0.25) is 5.91 Å². The van der Waals surface area contributed by atoms with E-state index < -0.39 is 35.2 Å². The van der Waals surface area contributed by atoms with Crippen LogP contribution in [0.5, 0.6) is 5.75 Å². The molecule has 3 fully saturated rings. The van der Waals surface area contributed by atoms with Gasteiger partial charge < -0.3 is 29.7 Å². The summed E-state index contributed by atoms with van der Waals surface area (Å²) in [7, 11) is 1.57. The summed E-state index contributed by atoms with van der Waals surface area (Å²) >= 11 is 0. The fourth-order valence-electron chi connectivity index (χ4n) is 7.02. The molecule has 200 valence electrons. The molecular formula is C27H40N2O7. The minimum atomic E-state index is -0.713. The summed E-state index contributed by atoms with van der Waals surface area (Å²) in [6, 6.07) is 6.95. The van der Waals surface area contributed by atoms with Gasteiger partial charge in [0.25, 0.3) is 0 Å². The smallest absolute Gasteiger partial charge is 0.411 e. The Labute approximate surface area is 212 Å². The van der Waals surface area contributed by atoms with E-state index in [0.29, 0.717) is 56.6 Å². The van der Waals surface area contributed by atoms with Crippen molar-refractivity contribution >= 4 is 17.7 Å². The molecule has 0 aromatic heterocycles. The summed E-state index contributed by atoms with van der Waals surface area (Å²) in [6.45, 7) is 4.78. The molecule has 9 nitrogen and oxygen atoms in total. The van der Waals surface area contributed by atoms with Gasteiger partial charge >= 0.3 is 6.09 Å². The molecule has 1 aromatic rings. The Hall–Kier alpha value is -2.36. The lowest BCUT2D eigenvalue weighted by Crippen LogP contribution is -2.61. The lowest BCUT2D eigenvalue weighted by molar-refractivity contribution is -0.186. The van der Waals surface area contributed by atoms with Crippen LogP contribution in [0, 0.1) is 22.7 Å². The summed E-state index contributed by atoms with van der Waals surface area (Å²) in [5.74, 6) is 0.344. The highest BCUT2D eigenvalue weighted by molar-refractivity contribution is 5.84. The Kier molecular flexibility index (Phi) is 7.83. The number of rotatable bonds is 6. The summed E-state index contributed by atoms with van der Waals surface area (Å²) in [4.78, 5) is 27.5. The quantitative estimate of drug-likeness (QED) is 0.469. The van der Waals surface area contributed by atoms with Crippen LogP contribution in [0.3, 0.4) is 0 Å². The standard InChI is InChI=1S/C27H40N2O7/c1-26-12-10-23(36-25(34)28-17-4-6-19(35-3)7-5-17)27(2,16-30)22(26)9-8-21(32)20(26)14-24(33)29-13-11-18(31)15-29/h4-7,18,20-23,30-32H,8-16H2,1-3H3,(H,28,34)/t18-,20-,21-,22-,23-,26+,27+/m1/s1. The van der Waals surface area contributed by atoms with Crippen LogP contribution in [-0.4, -0.2) is 77.3 Å². The van der Waals surface area contributed by atoms with E-state index in [2.05, 4.69) is 12.2 Å². The minimum absolute atomic E-state index is 0.0343. The molecular weight excluding hydrogens is 464 g/mol. The van der Waals surface area contributed by atoms with Crippen molar-refractivity contribution in [1.82, 2.24) is 4.90 Å². The van der Waals surface area contributed by atoms with E-state index in [0.717, 1.165) is 0 Å². The molecule has 1 aliphatic heterocycles. The van der Waals surface area contributed by atoms with Gasteiger partial charge in [0.05, 0.1) is 25.9 Å². The van der Waals surface area contributed by atoms with E-state index in [1.807, 2.05) is 6.92 Å². The van der Waals surface area contributed by atoms with E-state index in [9.17, 15) is 24.9 Å². The van der Waals surface area contributed by atoms with E-state index in [1.165, 1.54) is 0 Å². The number of methoxy groups -OCH3 is 1. The molecule has 0 unspecified atom stereocenters. The lowest BCUT2D eigenvalue weighted by atomic mass is 9.46. The fourth-order valence-corrected chi connectivity index (χ4v) is 7.02. The molecule has 2 amide bonds. The van der Waals surface area contributed by atoms with Gasteiger partial charge in [-0.3, -0.25) is 10.1 Å². The predicted octanol–water partition coefficient (Wildman–Crippen LogP) is 2.78. The molecule has 0 bridgehead atoms. The third-order valence-electron chi connectivity index (χ3n) is 9.17. The predicted molar refractivity (Wildman–Crippen MR) is 133 cm³/mol. The van der Waals surface area contributed by atoms with Crippen molar-refractivity contribution in [3.63, 3.8) is 0 Å². The third kappa shape index (κ3) is 5.06. The SMILES string of the molecule is COc1ccc(NC(=O)O[C@@H]2CC[C@]3(C)[C@@H](CC[C@@H](O)[C@H]3CC(=O)N3CC[C@@H](O)C3)[C@]2(C)CO)cc1. The Balaban J connectivity index is 1.47. The van der Waals surface area contributed by atoms with Crippen molar-refractivity contribution in [3.8, 4) is 5.75 Å². The van der Waals surface area contributed by atoms with Crippen LogP contribution in [-0.2, 0) is 9.53 Å². The highest BCUT2D eigenvalue weighted by Crippen LogP contribution is 2.61. The van der Waals surface area contributed by atoms with Crippen molar-refractivity contribution in [3.05, 3.63) is 24.3 Å². The van der Waals surface area contributed by atoms with Gasteiger partial charge in [-0.05, 0) is 73.6 Å². The zero-order valence-corrected chi connectivity index (χ0v) is 21.5. The first kappa shape index (κ1) is 26.7. The van der Waals surface area contributed by atoms with Crippen molar-refractivity contribution in [2.45, 2.75) is 70.7 Å². The summed E-state index contributed by atoms with van der Waals surface area (Å²) < 4.78 is 11.0. The number of nitrogens with one attached hydrogen (secondary N) is 1. The van der Waals surface area contributed by atoms with Gasteiger partial charge in [0.1, 0.15) is 11.9 Å². The number of β-amino-alcohol motifs (C(OH)–C–C–N with tert-alkyl or cyclic N) is 1. The topological polar surface area (TPSA) is 129 Å². The number of hydrogen-bond donors (Lipinski definition) is 4. The number of aliphatic hydroxyl groups excluding tert-OH is 3. The van der Waals surface area contributed by atoms with Crippen molar-refractivity contribution < 1.29 is 34.4 Å². The number of hydrogen-bond acceptors (Lipinski definition) is 7. The largest absolute Gasteiger partial charge is 0.497 e. The van der Waals surface area contributed by atoms with Crippen LogP contribution >= 0.6 is 0 Å². The summed E-state index contributed by atoms with van der Waals surface area (Å²) in [5.41, 5.74) is -0.524. The Morgan fingerprint density at radius 1 is 1.11 bits per heavy atom. The number of anilines is 1. The molecule has 1 aromatic carbocycles. The third-order valence-corrected chi connectivity index (χ3v) is 9.17. The molecule has 9 heteroatoms. The maximum Gasteiger partial charge on any atom is 0.411 e. The minimum Gasteiger partial charge on any atom is -0.497 e. The number of amides is 2. The second-order valence-corrected chi connectivity index (χ2v) is 11.2. The zero-order valence-electron chi connectivity index (χ0n) is 21.5. The molecule has 7 atom stereocenters. The van der Waals surface area contributed by atoms with Crippen LogP contribution in [0.1, 0.15) is 52.4 Å². The highest BCUT2D eigenvalue weighted by Gasteiger charge is 2.60. The van der Waals surface area contributed by atoms with E-state index in [4.69, 9.17) is 9.47 Å². The van der Waals surface area contributed by atoms with Gasteiger partial charge in [-0.15, -0.1) is 0 Å². The van der Waals surface area contributed by atoms with Crippen LogP contribution in [0.15, 0.2) is 24.3 Å². The average Bonchev–Trinajstić information content (AvgIpc) is 3.30. The number of carbonyl (C=O) groups is 2. The van der Waals surface area contributed by atoms with Crippen molar-refractivity contribution in [1.29, 1.82) is 0 Å². The molecule has 0 spiro atoms. The van der Waals surface area contributed by atoms with Crippen molar-refractivity contribution in [2.75, 3.05) is 32.1 Å². The highest BCUT2D eigenvalue weighted by atomic mass is 16.6. The first-order valence-corrected chi connectivity index (χ1v) is 13.0. The van der Waals surface area contributed by atoms with Gasteiger partial charge in [-0.2, -0.15) is 0 Å². The number of aliphatic hydroxyl groups is 3. The molecule has 4 rings (SSSR count). The fraction of sp³-hybridized carbons (Fsp3) is 0.704. The second-order valence-electron chi connectivity index (χ2n) is 11.2. The molecule has 36 heavy (non-hydrogen) atoms. The van der Waals surface area contributed by atoms with E-state index in [-0.39, 0.29) is 30.8 Å². The van der Waals surface area contributed by atoms with Gasteiger partial charge in [-0.1, -0.05) is 13.8 Å². The molecule has 2 aliphatic carbocycles. The normalized spacial score (nSPS) is 36.2. The van der Waals surface area contributed by atoms with Crippen LogP contribution in [0.4, 0.5) is 10.5 Å². The number of nitrogens with zero attached hydrogens (tertiary/aromatic N) is 1. The first-order valence-electron chi connectivity index (χ1n) is 13.0. The molecule has 0 radical (unpaired) electrons. The van der Waals surface area contributed by atoms with Gasteiger partial charge in [0.15, 0.2) is 0 Å². The van der Waals surface area contributed by atoms with Crippen LogP contribution < -0.4 is 10.1 Å². The monoisotopic (exact) mass is 504 g/mol. The first-order chi connectivity index (χ1) is 17.1. The molecule has 2 saturated carbocycles. The van der Waals surface area contributed by atoms with Gasteiger partial charge in [-0.25, -0.2) is 4.79 Å². The molecule has 1 saturated heterocycles. The summed E-state index contributed by atoms with van der Waals surface area (Å²) in [6.07, 6.45) is 1.03. The lowest BCUT2D eigenvalue weighted by Gasteiger charge is -2.60. The number of fused-ring (bicyclic) bond motifs is 1. The number of ether oxygens (including phenoxy) is 2. The molecule has 4 N–H and O–H groups in total. The van der Waals surface area contributed by atoms with Crippen LogP contribution in [0.25, 0.3) is 0 Å². The number of likely N-dealkylation sites (tertiary alicyclic amines) is 1. The number of benzene rings is 1. The average molecular weight is 505 g/mol. The Morgan fingerprint density at radius 2 is 1.83 bits per heavy atom. The molecule has 3 aliphatic rings. The maximum absolute atomic E-state index is 13.0. The summed E-state index contributed by atoms with van der Waals surface area (Å²) in [5, 5.41) is 34.2. The molecule has 1 heterocycles. The van der Waals surface area contributed by atoms with E-state index in [1.54, 1.807) is 36.3 Å².